The number of nitrogens with one attached hydrogen (secondary N) is 1. The molecule has 5 nitrogen and oxygen atoms in total. The van der Waals surface area contributed by atoms with Gasteiger partial charge in [-0.25, -0.2) is 9.97 Å². The fourth-order valence-electron chi connectivity index (χ4n) is 1.79. The minimum absolute atomic E-state index is 0.149. The van der Waals surface area contributed by atoms with Gasteiger partial charge in [0.2, 0.25) is 0 Å². The molecule has 0 spiro atoms. The van der Waals surface area contributed by atoms with Crippen LogP contribution in [0, 0.1) is 0 Å². The number of nitrogens with zero attached hydrogens (tertiary/aromatic N) is 4. The van der Waals surface area contributed by atoms with Crippen molar-refractivity contribution >= 4 is 56.6 Å². The number of benzene rings is 1. The first-order valence-corrected chi connectivity index (χ1v) is 8.99. The highest BCUT2D eigenvalue weighted by molar-refractivity contribution is 9.10. The van der Waals surface area contributed by atoms with E-state index in [2.05, 4.69) is 60.2 Å². The first-order chi connectivity index (χ1) is 11.9. The van der Waals surface area contributed by atoms with Crippen molar-refractivity contribution in [2.24, 2.45) is 0 Å². The first-order valence-electron chi connectivity index (χ1n) is 7.06. The van der Waals surface area contributed by atoms with Gasteiger partial charge in [0.25, 0.3) is 0 Å². The molecule has 0 amide bonds. The van der Waals surface area contributed by atoms with Gasteiger partial charge in [0.15, 0.2) is 0 Å². The number of halogens is 4. The van der Waals surface area contributed by atoms with Crippen LogP contribution in [0.1, 0.15) is 18.5 Å². The third kappa shape index (κ3) is 7.12. The summed E-state index contributed by atoms with van der Waals surface area (Å²) in [5.41, 5.74) is 1.18. The Bertz CT molecular complexity index is 800. The van der Waals surface area contributed by atoms with Gasteiger partial charge >= 0.3 is 0 Å². The monoisotopic (exact) mass is 459 g/mol. The smallest absolute Gasteiger partial charge is 0.149 e. The normalized spacial score (nSPS) is 11.2. The number of rotatable bonds is 3. The van der Waals surface area contributed by atoms with Gasteiger partial charge in [-0.1, -0.05) is 62.9 Å². The predicted octanol–water partition coefficient (Wildman–Crippen LogP) is 5.85. The molecule has 1 atom stereocenters. The Morgan fingerprint density at radius 2 is 1.36 bits per heavy atom. The topological polar surface area (TPSA) is 63.6 Å². The van der Waals surface area contributed by atoms with Crippen molar-refractivity contribution in [2.45, 2.75) is 13.0 Å². The average molecular weight is 462 g/mol. The van der Waals surface area contributed by atoms with Gasteiger partial charge in [-0.05, 0) is 24.6 Å². The van der Waals surface area contributed by atoms with Gasteiger partial charge < -0.3 is 5.32 Å². The summed E-state index contributed by atoms with van der Waals surface area (Å²) in [5, 5.41) is 4.27. The van der Waals surface area contributed by atoms with Crippen molar-refractivity contribution < 1.29 is 0 Å². The van der Waals surface area contributed by atoms with E-state index >= 15 is 0 Å². The summed E-state index contributed by atoms with van der Waals surface area (Å²) in [6.07, 6.45) is 6.01. The Morgan fingerprint density at radius 1 is 0.840 bits per heavy atom. The summed E-state index contributed by atoms with van der Waals surface area (Å²) in [7, 11) is 0. The zero-order valence-corrected chi connectivity index (χ0v) is 16.9. The predicted molar refractivity (Wildman–Crippen MR) is 105 cm³/mol. The van der Waals surface area contributed by atoms with Crippen LogP contribution in [0.5, 0.6) is 0 Å². The molecule has 0 saturated heterocycles. The fraction of sp³-hybridized carbons (Fsp3) is 0.125. The molecule has 25 heavy (non-hydrogen) atoms. The van der Waals surface area contributed by atoms with Crippen LogP contribution in [0.3, 0.4) is 0 Å². The van der Waals surface area contributed by atoms with Crippen molar-refractivity contribution in [3.05, 3.63) is 74.5 Å². The quantitative estimate of drug-likeness (QED) is 0.530. The van der Waals surface area contributed by atoms with Gasteiger partial charge in [-0.2, -0.15) is 0 Å². The van der Waals surface area contributed by atoms with Crippen molar-refractivity contribution in [3.63, 3.8) is 0 Å². The van der Waals surface area contributed by atoms with Crippen molar-refractivity contribution in [1.82, 2.24) is 19.9 Å². The Hall–Kier alpha value is -1.47. The average Bonchev–Trinajstić information content (AvgIpc) is 2.56. The van der Waals surface area contributed by atoms with Gasteiger partial charge in [-0.3, -0.25) is 9.97 Å². The van der Waals surface area contributed by atoms with E-state index < -0.39 is 0 Å². The Labute approximate surface area is 168 Å². The summed E-state index contributed by atoms with van der Waals surface area (Å²) >= 11 is 20.0. The molecular formula is C16H13BrCl3N5. The molecule has 3 aromatic rings. The second-order valence-electron chi connectivity index (χ2n) is 4.81. The highest BCUT2D eigenvalue weighted by atomic mass is 79.9. The molecule has 0 aliphatic rings. The van der Waals surface area contributed by atoms with Crippen LogP contribution in [0.25, 0.3) is 0 Å². The van der Waals surface area contributed by atoms with Crippen LogP contribution in [0.4, 0.5) is 5.82 Å². The molecule has 130 valence electrons. The molecule has 0 fully saturated rings. The zero-order valence-electron chi connectivity index (χ0n) is 13.0. The van der Waals surface area contributed by atoms with E-state index in [1.165, 1.54) is 24.2 Å². The van der Waals surface area contributed by atoms with E-state index in [1.54, 1.807) is 6.20 Å². The van der Waals surface area contributed by atoms with Crippen LogP contribution < -0.4 is 5.32 Å². The van der Waals surface area contributed by atoms with Crippen LogP contribution >= 0.6 is 50.7 Å². The minimum atomic E-state index is 0.149. The number of hydrogen-bond donors (Lipinski definition) is 1. The molecule has 0 aliphatic heterocycles. The zero-order chi connectivity index (χ0) is 18.2. The SMILES string of the molecule is C[C@H](Nc1cncc(Cl)n1)c1ccc(Br)cc1.Clc1cncc(Cl)n1. The summed E-state index contributed by atoms with van der Waals surface area (Å²) in [6.45, 7) is 2.06. The first kappa shape index (κ1) is 19.8. The van der Waals surface area contributed by atoms with Crippen LogP contribution in [0.15, 0.2) is 53.5 Å². The third-order valence-corrected chi connectivity index (χ3v) is 3.99. The van der Waals surface area contributed by atoms with Crippen molar-refractivity contribution in [1.29, 1.82) is 0 Å². The van der Waals surface area contributed by atoms with E-state index in [0.29, 0.717) is 21.3 Å². The maximum absolute atomic E-state index is 5.78. The summed E-state index contributed by atoms with van der Waals surface area (Å²) in [5.74, 6) is 0.674. The fourth-order valence-corrected chi connectivity index (χ4v) is 2.54. The van der Waals surface area contributed by atoms with Crippen LogP contribution in [-0.2, 0) is 0 Å². The molecule has 0 saturated carbocycles. The largest absolute Gasteiger partial charge is 0.362 e. The van der Waals surface area contributed by atoms with E-state index in [9.17, 15) is 0 Å². The van der Waals surface area contributed by atoms with Gasteiger partial charge in [0, 0.05) is 10.5 Å². The van der Waals surface area contributed by atoms with Gasteiger partial charge in [0.1, 0.15) is 21.3 Å². The molecule has 0 unspecified atom stereocenters. The highest BCUT2D eigenvalue weighted by Crippen LogP contribution is 2.20. The van der Waals surface area contributed by atoms with Crippen molar-refractivity contribution in [2.75, 3.05) is 5.32 Å². The lowest BCUT2D eigenvalue weighted by Gasteiger charge is -2.14. The lowest BCUT2D eigenvalue weighted by Crippen LogP contribution is -2.08. The van der Waals surface area contributed by atoms with Crippen LogP contribution in [0.2, 0.25) is 15.5 Å². The molecule has 1 N–H and O–H groups in total. The molecule has 0 radical (unpaired) electrons. The molecule has 0 aliphatic carbocycles. The number of anilines is 1. The van der Waals surface area contributed by atoms with E-state index in [4.69, 9.17) is 34.8 Å². The lowest BCUT2D eigenvalue weighted by molar-refractivity contribution is 0.871. The molecule has 2 heterocycles. The molecule has 1 aromatic carbocycles. The summed E-state index contributed by atoms with van der Waals surface area (Å²) in [6, 6.07) is 8.28. The van der Waals surface area contributed by atoms with E-state index in [0.717, 1.165) is 4.47 Å². The standard InChI is InChI=1S/C12H11BrClN3.C4H2Cl2N2/c1-8(9-2-4-10(13)5-3-9)16-12-7-15-6-11(14)17-12;5-3-1-7-2-4(6)8-3/h2-8H,1H3,(H,16,17);1-2H/t8-;/m0./s1. The number of hydrogen-bond acceptors (Lipinski definition) is 5. The number of aromatic nitrogens is 4. The minimum Gasteiger partial charge on any atom is -0.362 e. The highest BCUT2D eigenvalue weighted by Gasteiger charge is 2.06. The maximum atomic E-state index is 5.78. The molecule has 9 heteroatoms. The molecule has 0 bridgehead atoms. The second-order valence-corrected chi connectivity index (χ2v) is 6.89. The van der Waals surface area contributed by atoms with E-state index in [1.807, 2.05) is 12.1 Å². The molecule has 2 aromatic heterocycles. The van der Waals surface area contributed by atoms with Gasteiger partial charge in [0.05, 0.1) is 24.8 Å². The maximum Gasteiger partial charge on any atom is 0.149 e. The van der Waals surface area contributed by atoms with Crippen LogP contribution in [-0.4, -0.2) is 19.9 Å². The summed E-state index contributed by atoms with van der Waals surface area (Å²) in [4.78, 5) is 15.4. The van der Waals surface area contributed by atoms with Crippen molar-refractivity contribution in [3.8, 4) is 0 Å². The Morgan fingerprint density at radius 3 is 1.84 bits per heavy atom. The summed E-state index contributed by atoms with van der Waals surface area (Å²) < 4.78 is 1.07. The molecular weight excluding hydrogens is 448 g/mol. The Balaban J connectivity index is 0.000000236. The van der Waals surface area contributed by atoms with Gasteiger partial charge in [-0.15, -0.1) is 0 Å². The van der Waals surface area contributed by atoms with E-state index in [-0.39, 0.29) is 6.04 Å². The lowest BCUT2D eigenvalue weighted by atomic mass is 10.1. The third-order valence-electron chi connectivity index (χ3n) is 2.92. The Kier molecular flexibility index (Phi) is 7.84. The second kappa shape index (κ2) is 9.87. The molecule has 3 rings (SSSR count).